The van der Waals surface area contributed by atoms with Crippen LogP contribution in [0.25, 0.3) is 0 Å². The third kappa shape index (κ3) is 2.63. The maximum Gasteiger partial charge on any atom is 0.234 e. The number of likely N-dealkylation sites (N-methyl/N-ethyl adjacent to an activating group) is 1. The van der Waals surface area contributed by atoms with Crippen molar-refractivity contribution in [1.82, 2.24) is 0 Å². The number of carbonyl (C=O) groups is 1. The summed E-state index contributed by atoms with van der Waals surface area (Å²) in [6.45, 7) is 2.71. The molecule has 4 heteroatoms. The minimum Gasteiger partial charge on any atom is -0.497 e. The van der Waals surface area contributed by atoms with Crippen LogP contribution in [0.1, 0.15) is 24.0 Å². The molecule has 3 nitrogen and oxygen atoms in total. The monoisotopic (exact) mass is 359 g/mol. The number of carbonyl (C=O) groups excluding carboxylic acids is 1. The normalized spacial score (nSPS) is 16.8. The average molecular weight is 360 g/mol. The Bertz CT molecular complexity index is 714. The van der Waals surface area contributed by atoms with Gasteiger partial charge < -0.3 is 9.64 Å². The van der Waals surface area contributed by atoms with E-state index in [1.165, 1.54) is 0 Å². The number of nitrogens with zero attached hydrogens (tertiary/aromatic N) is 1. The van der Waals surface area contributed by atoms with Gasteiger partial charge in [-0.3, -0.25) is 4.79 Å². The Kier molecular flexibility index (Phi) is 4.21. The number of benzene rings is 2. The van der Waals surface area contributed by atoms with E-state index in [4.69, 9.17) is 4.74 Å². The molecule has 0 radical (unpaired) electrons. The number of ether oxygens (including phenoxy) is 1. The molecule has 0 aromatic heterocycles. The van der Waals surface area contributed by atoms with Gasteiger partial charge in [0, 0.05) is 16.7 Å². The summed E-state index contributed by atoms with van der Waals surface area (Å²) in [5.41, 5.74) is 3.24. The van der Waals surface area contributed by atoms with E-state index >= 15 is 0 Å². The topological polar surface area (TPSA) is 29.5 Å². The number of halogens is 1. The molecule has 0 unspecified atom stereocenters. The molecule has 0 saturated carbocycles. The van der Waals surface area contributed by atoms with Crippen LogP contribution in [0.3, 0.4) is 0 Å². The fraction of sp³-hybridized carbons (Fsp3) is 0.278. The Morgan fingerprint density at radius 2 is 2.05 bits per heavy atom. The Morgan fingerprint density at radius 3 is 2.77 bits per heavy atom. The maximum atomic E-state index is 12.7. The summed E-state index contributed by atoms with van der Waals surface area (Å²) < 4.78 is 6.28. The quantitative estimate of drug-likeness (QED) is 0.820. The van der Waals surface area contributed by atoms with Gasteiger partial charge in [-0.1, -0.05) is 28.1 Å². The second-order valence-electron chi connectivity index (χ2n) is 5.39. The number of methoxy groups -OCH3 is 1. The van der Waals surface area contributed by atoms with Crippen molar-refractivity contribution >= 4 is 27.5 Å². The molecule has 1 aliphatic rings. The molecule has 0 aliphatic carbocycles. The van der Waals surface area contributed by atoms with Gasteiger partial charge in [0.2, 0.25) is 5.91 Å². The highest BCUT2D eigenvalue weighted by Gasteiger charge is 2.36. The number of anilines is 1. The van der Waals surface area contributed by atoms with E-state index in [1.807, 2.05) is 48.2 Å². The van der Waals surface area contributed by atoms with Gasteiger partial charge in [0.1, 0.15) is 5.75 Å². The lowest BCUT2D eigenvalue weighted by Gasteiger charge is -2.15. The van der Waals surface area contributed by atoms with Crippen LogP contribution in [-0.4, -0.2) is 19.6 Å². The lowest BCUT2D eigenvalue weighted by Crippen LogP contribution is -2.29. The molecule has 1 aliphatic heterocycles. The van der Waals surface area contributed by atoms with Crippen LogP contribution in [0, 0.1) is 0 Å². The van der Waals surface area contributed by atoms with Gasteiger partial charge in [0.15, 0.2) is 0 Å². The van der Waals surface area contributed by atoms with Gasteiger partial charge in [-0.15, -0.1) is 0 Å². The van der Waals surface area contributed by atoms with Gasteiger partial charge in [0.05, 0.1) is 13.0 Å². The molecular weight excluding hydrogens is 342 g/mol. The minimum atomic E-state index is -0.125. The van der Waals surface area contributed by atoms with E-state index in [2.05, 4.69) is 22.0 Å². The zero-order valence-corrected chi connectivity index (χ0v) is 14.3. The van der Waals surface area contributed by atoms with Crippen LogP contribution < -0.4 is 9.64 Å². The third-order valence-electron chi connectivity index (χ3n) is 4.11. The van der Waals surface area contributed by atoms with E-state index in [1.54, 1.807) is 7.11 Å². The van der Waals surface area contributed by atoms with E-state index in [-0.39, 0.29) is 11.8 Å². The fourth-order valence-corrected chi connectivity index (χ4v) is 3.43. The lowest BCUT2D eigenvalue weighted by molar-refractivity contribution is -0.119. The first-order valence-electron chi connectivity index (χ1n) is 7.37. The summed E-state index contributed by atoms with van der Waals surface area (Å²) in [4.78, 5) is 14.6. The highest BCUT2D eigenvalue weighted by Crippen LogP contribution is 2.40. The molecule has 2 aromatic rings. The molecule has 2 aromatic carbocycles. The van der Waals surface area contributed by atoms with Gasteiger partial charge in [-0.25, -0.2) is 0 Å². The minimum absolute atomic E-state index is 0.125. The first-order chi connectivity index (χ1) is 10.6. The van der Waals surface area contributed by atoms with Crippen LogP contribution in [0.5, 0.6) is 5.75 Å². The molecule has 0 spiro atoms. The Morgan fingerprint density at radius 1 is 1.23 bits per heavy atom. The largest absolute Gasteiger partial charge is 0.497 e. The highest BCUT2D eigenvalue weighted by atomic mass is 79.9. The summed E-state index contributed by atoms with van der Waals surface area (Å²) in [6.07, 6.45) is 0.690. The average Bonchev–Trinajstić information content (AvgIpc) is 2.79. The Labute approximate surface area is 139 Å². The van der Waals surface area contributed by atoms with Crippen molar-refractivity contribution in [2.24, 2.45) is 0 Å². The molecule has 114 valence electrons. The Hall–Kier alpha value is -1.81. The maximum absolute atomic E-state index is 12.7. The highest BCUT2D eigenvalue weighted by molar-refractivity contribution is 9.10. The van der Waals surface area contributed by atoms with Crippen LogP contribution >= 0.6 is 15.9 Å². The third-order valence-corrected chi connectivity index (χ3v) is 4.60. The molecule has 1 atom stereocenters. The van der Waals surface area contributed by atoms with E-state index in [0.29, 0.717) is 13.0 Å². The summed E-state index contributed by atoms with van der Waals surface area (Å²) in [6, 6.07) is 14.0. The second kappa shape index (κ2) is 6.13. The van der Waals surface area contributed by atoms with Gasteiger partial charge >= 0.3 is 0 Å². The molecular formula is C18H18BrNO2. The first-order valence-corrected chi connectivity index (χ1v) is 8.17. The van der Waals surface area contributed by atoms with Crippen molar-refractivity contribution in [3.05, 3.63) is 58.1 Å². The molecule has 1 heterocycles. The number of rotatable bonds is 4. The summed E-state index contributed by atoms with van der Waals surface area (Å²) >= 11 is 3.51. The molecule has 0 fully saturated rings. The lowest BCUT2D eigenvalue weighted by atomic mass is 9.93. The number of hydrogen-bond donors (Lipinski definition) is 0. The smallest absolute Gasteiger partial charge is 0.234 e. The molecule has 1 amide bonds. The predicted molar refractivity (Wildman–Crippen MR) is 91.6 cm³/mol. The first kappa shape index (κ1) is 15.1. The van der Waals surface area contributed by atoms with Crippen molar-refractivity contribution in [1.29, 1.82) is 0 Å². The molecule has 22 heavy (non-hydrogen) atoms. The summed E-state index contributed by atoms with van der Waals surface area (Å²) in [5, 5.41) is 0. The predicted octanol–water partition coefficient (Wildman–Crippen LogP) is 4.15. The zero-order valence-electron chi connectivity index (χ0n) is 12.7. The van der Waals surface area contributed by atoms with Crippen molar-refractivity contribution in [2.75, 3.05) is 18.6 Å². The van der Waals surface area contributed by atoms with Gasteiger partial charge in [0.25, 0.3) is 0 Å². The Balaban J connectivity index is 1.97. The molecule has 0 bridgehead atoms. The van der Waals surface area contributed by atoms with Crippen LogP contribution in [0.15, 0.2) is 46.9 Å². The van der Waals surface area contributed by atoms with Crippen molar-refractivity contribution in [3.8, 4) is 5.75 Å². The van der Waals surface area contributed by atoms with Crippen LogP contribution in [0.2, 0.25) is 0 Å². The molecule has 0 saturated heterocycles. The summed E-state index contributed by atoms with van der Waals surface area (Å²) in [7, 11) is 1.66. The summed E-state index contributed by atoms with van der Waals surface area (Å²) in [5.74, 6) is 0.878. The van der Waals surface area contributed by atoms with E-state index in [9.17, 15) is 4.79 Å². The molecule has 3 rings (SSSR count). The number of hydrogen-bond acceptors (Lipinski definition) is 2. The SMILES string of the molecule is CCN1C(=O)[C@H](Cc2cccc(OC)c2)c2cc(Br)ccc21. The number of amides is 1. The standard InChI is InChI=1S/C18H18BrNO2/c1-3-20-17-8-7-13(19)11-15(17)16(18(20)21)10-12-5-4-6-14(9-12)22-2/h4-9,11,16H,3,10H2,1-2H3/t16-/m1/s1. The van der Waals surface area contributed by atoms with E-state index < -0.39 is 0 Å². The van der Waals surface area contributed by atoms with Gasteiger partial charge in [-0.05, 0) is 54.8 Å². The van der Waals surface area contributed by atoms with Gasteiger partial charge in [-0.2, -0.15) is 0 Å². The van der Waals surface area contributed by atoms with Crippen LogP contribution in [0.4, 0.5) is 5.69 Å². The van der Waals surface area contributed by atoms with E-state index in [0.717, 1.165) is 27.0 Å². The van der Waals surface area contributed by atoms with Crippen molar-refractivity contribution < 1.29 is 9.53 Å². The van der Waals surface area contributed by atoms with Crippen LogP contribution in [-0.2, 0) is 11.2 Å². The fourth-order valence-electron chi connectivity index (χ4n) is 3.05. The van der Waals surface area contributed by atoms with Crippen molar-refractivity contribution in [3.63, 3.8) is 0 Å². The second-order valence-corrected chi connectivity index (χ2v) is 6.31. The zero-order chi connectivity index (χ0) is 15.7. The number of fused-ring (bicyclic) bond motifs is 1. The molecule has 0 N–H and O–H groups in total. The van der Waals surface area contributed by atoms with Crippen molar-refractivity contribution in [2.45, 2.75) is 19.3 Å².